The minimum atomic E-state index is -0.872. The van der Waals surface area contributed by atoms with Crippen molar-refractivity contribution in [2.45, 2.75) is 20.3 Å². The summed E-state index contributed by atoms with van der Waals surface area (Å²) in [5, 5.41) is 11.8. The molecule has 2 unspecified atom stereocenters. The van der Waals surface area contributed by atoms with E-state index in [9.17, 15) is 9.59 Å². The molecule has 0 saturated carbocycles. The van der Waals surface area contributed by atoms with Crippen LogP contribution in [-0.4, -0.2) is 66.7 Å². The standard InChI is InChI=1S/C13H25N3O3/c1-4-16(8-10(2)12(17)18)13(19)14-7-11-5-6-15(3)9-11/h10-11H,4-9H2,1-3H3,(H,14,19)(H,17,18). The van der Waals surface area contributed by atoms with Crippen molar-refractivity contribution in [1.82, 2.24) is 15.1 Å². The van der Waals surface area contributed by atoms with Gasteiger partial charge < -0.3 is 20.2 Å². The molecule has 2 N–H and O–H groups in total. The first-order valence-corrected chi connectivity index (χ1v) is 6.88. The second kappa shape index (κ2) is 7.33. The first kappa shape index (κ1) is 15.8. The molecule has 110 valence electrons. The quantitative estimate of drug-likeness (QED) is 0.745. The van der Waals surface area contributed by atoms with Crippen molar-refractivity contribution in [3.05, 3.63) is 0 Å². The van der Waals surface area contributed by atoms with Gasteiger partial charge in [0.1, 0.15) is 0 Å². The molecule has 0 aromatic heterocycles. The Labute approximate surface area is 114 Å². The van der Waals surface area contributed by atoms with E-state index >= 15 is 0 Å². The zero-order valence-corrected chi connectivity index (χ0v) is 12.1. The second-order valence-electron chi connectivity index (χ2n) is 5.38. The van der Waals surface area contributed by atoms with Crippen LogP contribution in [0.1, 0.15) is 20.3 Å². The number of nitrogens with zero attached hydrogens (tertiary/aromatic N) is 2. The highest BCUT2D eigenvalue weighted by atomic mass is 16.4. The normalized spacial score (nSPS) is 21.1. The molecule has 1 aliphatic rings. The number of carbonyl (C=O) groups is 2. The number of hydrogen-bond acceptors (Lipinski definition) is 3. The fraction of sp³-hybridized carbons (Fsp3) is 0.846. The summed E-state index contributed by atoms with van der Waals surface area (Å²) in [6, 6.07) is -0.162. The Balaban J connectivity index is 2.35. The second-order valence-corrected chi connectivity index (χ2v) is 5.38. The molecule has 0 spiro atoms. The number of hydrogen-bond donors (Lipinski definition) is 2. The van der Waals surface area contributed by atoms with E-state index in [1.807, 2.05) is 6.92 Å². The summed E-state index contributed by atoms with van der Waals surface area (Å²) in [5.74, 6) is -0.906. The Morgan fingerprint density at radius 1 is 1.53 bits per heavy atom. The van der Waals surface area contributed by atoms with Crippen LogP contribution in [0.4, 0.5) is 4.79 Å². The Hall–Kier alpha value is -1.30. The highest BCUT2D eigenvalue weighted by Gasteiger charge is 2.22. The molecular weight excluding hydrogens is 246 g/mol. The molecule has 1 rings (SSSR count). The Kier molecular flexibility index (Phi) is 6.08. The van der Waals surface area contributed by atoms with E-state index in [1.54, 1.807) is 11.8 Å². The SMILES string of the molecule is CCN(CC(C)C(=O)O)C(=O)NCC1CCN(C)C1. The zero-order chi connectivity index (χ0) is 14.4. The Bertz CT molecular complexity index is 322. The minimum absolute atomic E-state index is 0.162. The van der Waals surface area contributed by atoms with E-state index < -0.39 is 11.9 Å². The molecule has 1 aliphatic heterocycles. The lowest BCUT2D eigenvalue weighted by molar-refractivity contribution is -0.141. The van der Waals surface area contributed by atoms with Gasteiger partial charge in [-0.3, -0.25) is 4.79 Å². The summed E-state index contributed by atoms with van der Waals surface area (Å²) in [6.45, 7) is 7.01. The number of nitrogens with one attached hydrogen (secondary N) is 1. The van der Waals surface area contributed by atoms with Gasteiger partial charge in [-0.1, -0.05) is 6.92 Å². The van der Waals surface area contributed by atoms with E-state index in [2.05, 4.69) is 17.3 Å². The van der Waals surface area contributed by atoms with Crippen LogP contribution in [0, 0.1) is 11.8 Å². The zero-order valence-electron chi connectivity index (χ0n) is 12.1. The Morgan fingerprint density at radius 3 is 2.68 bits per heavy atom. The van der Waals surface area contributed by atoms with Crippen molar-refractivity contribution in [1.29, 1.82) is 0 Å². The van der Waals surface area contributed by atoms with Crippen molar-refractivity contribution in [2.75, 3.05) is 39.8 Å². The number of amides is 2. The van der Waals surface area contributed by atoms with Gasteiger partial charge in [0.25, 0.3) is 0 Å². The van der Waals surface area contributed by atoms with E-state index in [1.165, 1.54) is 0 Å². The average molecular weight is 271 g/mol. The maximum Gasteiger partial charge on any atom is 0.317 e. The van der Waals surface area contributed by atoms with Crippen LogP contribution in [0.15, 0.2) is 0 Å². The third kappa shape index (κ3) is 5.06. The van der Waals surface area contributed by atoms with Gasteiger partial charge in [-0.05, 0) is 32.9 Å². The van der Waals surface area contributed by atoms with Crippen molar-refractivity contribution in [3.8, 4) is 0 Å². The average Bonchev–Trinajstić information content (AvgIpc) is 2.78. The van der Waals surface area contributed by atoms with Gasteiger partial charge in [0.15, 0.2) is 0 Å². The molecule has 0 bridgehead atoms. The maximum atomic E-state index is 12.0. The fourth-order valence-electron chi connectivity index (χ4n) is 2.30. The molecule has 1 fully saturated rings. The molecule has 2 atom stereocenters. The highest BCUT2D eigenvalue weighted by Crippen LogP contribution is 2.13. The first-order chi connectivity index (χ1) is 8.93. The third-order valence-corrected chi connectivity index (χ3v) is 3.62. The summed E-state index contributed by atoms with van der Waals surface area (Å²) < 4.78 is 0. The number of likely N-dealkylation sites (tertiary alicyclic amines) is 1. The lowest BCUT2D eigenvalue weighted by Crippen LogP contribution is -2.44. The summed E-state index contributed by atoms with van der Waals surface area (Å²) in [6.07, 6.45) is 1.11. The lowest BCUT2D eigenvalue weighted by Gasteiger charge is -2.24. The first-order valence-electron chi connectivity index (χ1n) is 6.88. The van der Waals surface area contributed by atoms with Crippen LogP contribution in [0.2, 0.25) is 0 Å². The highest BCUT2D eigenvalue weighted by molar-refractivity contribution is 5.75. The van der Waals surface area contributed by atoms with E-state index in [4.69, 9.17) is 5.11 Å². The molecule has 19 heavy (non-hydrogen) atoms. The monoisotopic (exact) mass is 271 g/mol. The van der Waals surface area contributed by atoms with Crippen LogP contribution >= 0.6 is 0 Å². The van der Waals surface area contributed by atoms with Gasteiger partial charge in [0.2, 0.25) is 0 Å². The summed E-state index contributed by atoms with van der Waals surface area (Å²) in [4.78, 5) is 26.6. The number of carbonyl (C=O) groups excluding carboxylic acids is 1. The summed E-state index contributed by atoms with van der Waals surface area (Å²) >= 11 is 0. The van der Waals surface area contributed by atoms with Gasteiger partial charge in [-0.25, -0.2) is 4.79 Å². The molecule has 6 heteroatoms. The van der Waals surface area contributed by atoms with Crippen LogP contribution in [0.3, 0.4) is 0 Å². The fourth-order valence-corrected chi connectivity index (χ4v) is 2.30. The number of carboxylic acid groups (broad SMARTS) is 1. The van der Waals surface area contributed by atoms with Gasteiger partial charge in [-0.2, -0.15) is 0 Å². The van der Waals surface area contributed by atoms with E-state index in [0.717, 1.165) is 19.5 Å². The van der Waals surface area contributed by atoms with E-state index in [-0.39, 0.29) is 12.6 Å². The van der Waals surface area contributed by atoms with Crippen LogP contribution < -0.4 is 5.32 Å². The van der Waals surface area contributed by atoms with Gasteiger partial charge in [-0.15, -0.1) is 0 Å². The largest absolute Gasteiger partial charge is 0.481 e. The van der Waals surface area contributed by atoms with E-state index in [0.29, 0.717) is 19.0 Å². The summed E-state index contributed by atoms with van der Waals surface area (Å²) in [5.41, 5.74) is 0. The minimum Gasteiger partial charge on any atom is -0.481 e. The molecule has 0 aliphatic carbocycles. The molecule has 1 heterocycles. The number of carboxylic acids is 1. The number of aliphatic carboxylic acids is 1. The molecule has 0 aromatic carbocycles. The van der Waals surface area contributed by atoms with Gasteiger partial charge in [0, 0.05) is 26.2 Å². The third-order valence-electron chi connectivity index (χ3n) is 3.62. The molecule has 1 saturated heterocycles. The Morgan fingerprint density at radius 2 is 2.21 bits per heavy atom. The van der Waals surface area contributed by atoms with Gasteiger partial charge in [0.05, 0.1) is 5.92 Å². The van der Waals surface area contributed by atoms with Crippen molar-refractivity contribution in [2.24, 2.45) is 11.8 Å². The van der Waals surface area contributed by atoms with Crippen LogP contribution in [0.25, 0.3) is 0 Å². The van der Waals surface area contributed by atoms with Crippen LogP contribution in [0.5, 0.6) is 0 Å². The van der Waals surface area contributed by atoms with Gasteiger partial charge >= 0.3 is 12.0 Å². The summed E-state index contributed by atoms with van der Waals surface area (Å²) in [7, 11) is 2.08. The topological polar surface area (TPSA) is 72.9 Å². The van der Waals surface area contributed by atoms with Crippen molar-refractivity contribution in [3.63, 3.8) is 0 Å². The predicted octanol–water partition coefficient (Wildman–Crippen LogP) is 0.690. The molecule has 6 nitrogen and oxygen atoms in total. The number of urea groups is 1. The molecule has 0 radical (unpaired) electrons. The van der Waals surface area contributed by atoms with Crippen LogP contribution in [-0.2, 0) is 4.79 Å². The lowest BCUT2D eigenvalue weighted by atomic mass is 10.1. The molecule has 0 aromatic rings. The molecule has 2 amide bonds. The van der Waals surface area contributed by atoms with Crippen molar-refractivity contribution < 1.29 is 14.7 Å². The maximum absolute atomic E-state index is 12.0. The van der Waals surface area contributed by atoms with Crippen molar-refractivity contribution >= 4 is 12.0 Å². The predicted molar refractivity (Wildman–Crippen MR) is 73.0 cm³/mol. The number of rotatable bonds is 6. The molecular formula is C13H25N3O3. The smallest absolute Gasteiger partial charge is 0.317 e.